The van der Waals surface area contributed by atoms with Crippen molar-refractivity contribution in [3.05, 3.63) is 23.3 Å². The summed E-state index contributed by atoms with van der Waals surface area (Å²) in [6.07, 6.45) is 0. The molecule has 1 atom stereocenters. The van der Waals surface area contributed by atoms with Crippen LogP contribution in [0.3, 0.4) is 0 Å². The van der Waals surface area contributed by atoms with Gasteiger partial charge in [0.15, 0.2) is 17.3 Å². The molecular weight excluding hydrogens is 222 g/mol. The topological polar surface area (TPSA) is 81.8 Å². The molecule has 1 heterocycles. The summed E-state index contributed by atoms with van der Waals surface area (Å²) in [6.45, 7) is 2.41. The Morgan fingerprint density at radius 3 is 2.59 bits per heavy atom. The average molecular weight is 237 g/mol. The van der Waals surface area contributed by atoms with Crippen LogP contribution in [0.4, 0.5) is 0 Å². The molecule has 0 fully saturated rings. The molecule has 0 amide bonds. The molecule has 5 heteroatoms. The molecule has 3 N–H and O–H groups in total. The van der Waals surface area contributed by atoms with Crippen LogP contribution in [-0.2, 0) is 0 Å². The minimum atomic E-state index is -0.892. The summed E-state index contributed by atoms with van der Waals surface area (Å²) in [5, 5.41) is 8.89. The monoisotopic (exact) mass is 237 g/mol. The summed E-state index contributed by atoms with van der Waals surface area (Å²) < 4.78 is 10.8. The minimum absolute atomic E-state index is 0.290. The Morgan fingerprint density at radius 2 is 2.00 bits per heavy atom. The van der Waals surface area contributed by atoms with Gasteiger partial charge in [-0.25, -0.2) is 0 Å². The van der Waals surface area contributed by atoms with E-state index in [1.54, 1.807) is 19.1 Å². The molecule has 0 spiro atoms. The Morgan fingerprint density at radius 1 is 1.41 bits per heavy atom. The van der Waals surface area contributed by atoms with Gasteiger partial charge in [-0.2, -0.15) is 0 Å². The first-order valence-corrected chi connectivity index (χ1v) is 5.44. The van der Waals surface area contributed by atoms with Gasteiger partial charge >= 0.3 is 0 Å². The zero-order valence-corrected chi connectivity index (χ0v) is 9.60. The fraction of sp³-hybridized carbons (Fsp3) is 0.417. The number of hydrogen-bond donors (Lipinski definition) is 2. The summed E-state index contributed by atoms with van der Waals surface area (Å²) in [6, 6.07) is 2.49. The third kappa shape index (κ3) is 2.25. The van der Waals surface area contributed by atoms with Crippen molar-refractivity contribution in [3.8, 4) is 11.5 Å². The number of ketones is 1. The summed E-state index contributed by atoms with van der Waals surface area (Å²) in [5.74, 6) is 0.903. The number of benzene rings is 1. The minimum Gasteiger partial charge on any atom is -0.486 e. The van der Waals surface area contributed by atoms with Gasteiger partial charge in [-0.1, -0.05) is 0 Å². The first-order chi connectivity index (χ1) is 8.13. The van der Waals surface area contributed by atoms with Crippen LogP contribution in [0.15, 0.2) is 12.1 Å². The summed E-state index contributed by atoms with van der Waals surface area (Å²) >= 11 is 0. The Labute approximate surface area is 99.1 Å². The molecule has 0 saturated carbocycles. The van der Waals surface area contributed by atoms with Crippen molar-refractivity contribution in [2.45, 2.75) is 13.0 Å². The van der Waals surface area contributed by atoms with Crippen LogP contribution < -0.4 is 15.2 Å². The second kappa shape index (κ2) is 4.73. The summed E-state index contributed by atoms with van der Waals surface area (Å²) in [5.41, 5.74) is 6.76. The second-order valence-electron chi connectivity index (χ2n) is 3.96. The molecule has 0 saturated heterocycles. The number of ether oxygens (including phenoxy) is 2. The molecule has 1 aliphatic heterocycles. The van der Waals surface area contributed by atoms with Crippen molar-refractivity contribution >= 4 is 5.78 Å². The van der Waals surface area contributed by atoms with E-state index in [2.05, 4.69) is 0 Å². The molecular formula is C12H15NO4. The van der Waals surface area contributed by atoms with E-state index in [-0.39, 0.29) is 12.4 Å². The van der Waals surface area contributed by atoms with Gasteiger partial charge in [-0.15, -0.1) is 0 Å². The Bertz CT molecular complexity index is 444. The van der Waals surface area contributed by atoms with Crippen LogP contribution in [0.2, 0.25) is 0 Å². The lowest BCUT2D eigenvalue weighted by Crippen LogP contribution is -2.34. The van der Waals surface area contributed by atoms with E-state index < -0.39 is 6.04 Å². The fourth-order valence-electron chi connectivity index (χ4n) is 1.74. The number of fused-ring (bicyclic) bond motifs is 1. The predicted octanol–water partition coefficient (Wildman–Crippen LogP) is 0.269. The Kier molecular flexibility index (Phi) is 3.31. The first kappa shape index (κ1) is 11.9. The van der Waals surface area contributed by atoms with E-state index in [0.717, 1.165) is 5.56 Å². The van der Waals surface area contributed by atoms with E-state index in [9.17, 15) is 4.79 Å². The number of aryl methyl sites for hydroxylation is 1. The smallest absolute Gasteiger partial charge is 0.182 e. The highest BCUT2D eigenvalue weighted by Gasteiger charge is 2.21. The Balaban J connectivity index is 2.38. The highest BCUT2D eigenvalue weighted by molar-refractivity contribution is 6.01. The third-order valence-corrected chi connectivity index (χ3v) is 2.69. The molecule has 5 nitrogen and oxygen atoms in total. The van der Waals surface area contributed by atoms with Gasteiger partial charge < -0.3 is 20.3 Å². The molecule has 1 aromatic rings. The SMILES string of the molecule is Cc1cc2c(cc1C(=O)C(N)CO)OCCO2. The van der Waals surface area contributed by atoms with E-state index in [0.29, 0.717) is 30.3 Å². The number of carbonyl (C=O) groups is 1. The largest absolute Gasteiger partial charge is 0.486 e. The molecule has 0 bridgehead atoms. The van der Waals surface area contributed by atoms with Crippen molar-refractivity contribution in [1.82, 2.24) is 0 Å². The molecule has 2 rings (SSSR count). The maximum absolute atomic E-state index is 11.9. The van der Waals surface area contributed by atoms with Crippen LogP contribution in [-0.4, -0.2) is 36.8 Å². The maximum Gasteiger partial charge on any atom is 0.182 e. The van der Waals surface area contributed by atoms with E-state index >= 15 is 0 Å². The van der Waals surface area contributed by atoms with Crippen LogP contribution in [0.1, 0.15) is 15.9 Å². The van der Waals surface area contributed by atoms with Crippen molar-refractivity contribution in [1.29, 1.82) is 0 Å². The summed E-state index contributed by atoms with van der Waals surface area (Å²) in [4.78, 5) is 11.9. The standard InChI is InChI=1S/C12H15NO4/c1-7-4-10-11(17-3-2-16-10)5-8(7)12(15)9(13)6-14/h4-5,9,14H,2-3,6,13H2,1H3. The number of Topliss-reactive ketones (excluding diaryl/α,β-unsaturated/α-hetero) is 1. The van der Waals surface area contributed by atoms with Gasteiger partial charge in [0.25, 0.3) is 0 Å². The van der Waals surface area contributed by atoms with Crippen LogP contribution >= 0.6 is 0 Å². The van der Waals surface area contributed by atoms with E-state index in [1.807, 2.05) is 0 Å². The fourth-order valence-corrected chi connectivity index (χ4v) is 1.74. The van der Waals surface area contributed by atoms with Gasteiger partial charge in [-0.05, 0) is 24.6 Å². The number of aliphatic hydroxyl groups is 1. The lowest BCUT2D eigenvalue weighted by Gasteiger charge is -2.20. The van der Waals surface area contributed by atoms with Crippen LogP contribution in [0.5, 0.6) is 11.5 Å². The zero-order valence-electron chi connectivity index (χ0n) is 9.60. The van der Waals surface area contributed by atoms with Crippen molar-refractivity contribution in [2.24, 2.45) is 5.73 Å². The Hall–Kier alpha value is -1.59. The van der Waals surface area contributed by atoms with Crippen LogP contribution in [0.25, 0.3) is 0 Å². The molecule has 1 aliphatic rings. The van der Waals surface area contributed by atoms with Crippen molar-refractivity contribution in [3.63, 3.8) is 0 Å². The van der Waals surface area contributed by atoms with Crippen molar-refractivity contribution in [2.75, 3.05) is 19.8 Å². The van der Waals surface area contributed by atoms with Gasteiger partial charge in [0.2, 0.25) is 0 Å². The highest BCUT2D eigenvalue weighted by Crippen LogP contribution is 2.33. The normalized spacial score (nSPS) is 15.5. The van der Waals surface area contributed by atoms with Gasteiger partial charge in [0.05, 0.1) is 12.6 Å². The lowest BCUT2D eigenvalue weighted by atomic mass is 9.99. The third-order valence-electron chi connectivity index (χ3n) is 2.69. The van der Waals surface area contributed by atoms with Gasteiger partial charge in [0, 0.05) is 5.56 Å². The second-order valence-corrected chi connectivity index (χ2v) is 3.96. The highest BCUT2D eigenvalue weighted by atomic mass is 16.6. The van der Waals surface area contributed by atoms with E-state index in [1.165, 1.54) is 0 Å². The average Bonchev–Trinajstić information content (AvgIpc) is 2.36. The maximum atomic E-state index is 11.9. The molecule has 92 valence electrons. The first-order valence-electron chi connectivity index (χ1n) is 5.44. The zero-order chi connectivity index (χ0) is 12.4. The number of hydrogen-bond acceptors (Lipinski definition) is 5. The molecule has 17 heavy (non-hydrogen) atoms. The van der Waals surface area contributed by atoms with Crippen molar-refractivity contribution < 1.29 is 19.4 Å². The lowest BCUT2D eigenvalue weighted by molar-refractivity contribution is 0.0923. The molecule has 1 aromatic carbocycles. The predicted molar refractivity (Wildman–Crippen MR) is 61.6 cm³/mol. The molecule has 0 radical (unpaired) electrons. The van der Waals surface area contributed by atoms with Gasteiger partial charge in [0.1, 0.15) is 13.2 Å². The molecule has 0 aromatic heterocycles. The van der Waals surface area contributed by atoms with Gasteiger partial charge in [-0.3, -0.25) is 4.79 Å². The van der Waals surface area contributed by atoms with E-state index in [4.69, 9.17) is 20.3 Å². The summed E-state index contributed by atoms with van der Waals surface area (Å²) in [7, 11) is 0. The number of aliphatic hydroxyl groups excluding tert-OH is 1. The van der Waals surface area contributed by atoms with Crippen LogP contribution in [0, 0.1) is 6.92 Å². The number of carbonyl (C=O) groups excluding carboxylic acids is 1. The number of nitrogens with two attached hydrogens (primary N) is 1. The number of rotatable bonds is 3. The molecule has 0 aliphatic carbocycles. The quantitative estimate of drug-likeness (QED) is 0.737. The molecule has 1 unspecified atom stereocenters.